The summed E-state index contributed by atoms with van der Waals surface area (Å²) in [6.45, 7) is 20.8. The first-order valence-corrected chi connectivity index (χ1v) is 17.2. The van der Waals surface area contributed by atoms with Crippen LogP contribution < -0.4 is 0 Å². The van der Waals surface area contributed by atoms with Crippen LogP contribution in [0.2, 0.25) is 23.2 Å². The van der Waals surface area contributed by atoms with E-state index in [1.807, 2.05) is 24.3 Å². The van der Waals surface area contributed by atoms with Crippen molar-refractivity contribution >= 4 is 19.9 Å². The number of allylic oxidation sites excluding steroid dienone is 2. The van der Waals surface area contributed by atoms with Crippen LogP contribution in [-0.4, -0.2) is 18.4 Å². The van der Waals surface area contributed by atoms with E-state index in [0.29, 0.717) is 5.02 Å². The number of benzene rings is 1. The number of aliphatic hydroxyl groups is 1. The molecule has 0 aliphatic heterocycles. The van der Waals surface area contributed by atoms with Gasteiger partial charge in [-0.05, 0) is 91.1 Å². The van der Waals surface area contributed by atoms with E-state index in [1.165, 1.54) is 11.3 Å². The molecule has 0 bridgehead atoms. The van der Waals surface area contributed by atoms with Crippen molar-refractivity contribution in [3.8, 4) is 0 Å². The van der Waals surface area contributed by atoms with Gasteiger partial charge in [-0.25, -0.2) is 0 Å². The van der Waals surface area contributed by atoms with E-state index in [-0.39, 0.29) is 21.8 Å². The van der Waals surface area contributed by atoms with E-state index >= 15 is 0 Å². The number of halogens is 1. The van der Waals surface area contributed by atoms with Gasteiger partial charge < -0.3 is 9.53 Å². The maximum absolute atomic E-state index is 11.7. The monoisotopic (exact) mass is 539 g/mol. The van der Waals surface area contributed by atoms with E-state index < -0.39 is 14.4 Å². The van der Waals surface area contributed by atoms with Crippen LogP contribution in [0.5, 0.6) is 0 Å². The van der Waals surface area contributed by atoms with Crippen LogP contribution in [0.25, 0.3) is 0 Å². The van der Waals surface area contributed by atoms with Crippen LogP contribution in [0.3, 0.4) is 0 Å². The molecule has 1 aromatic heterocycles. The van der Waals surface area contributed by atoms with Crippen molar-refractivity contribution in [1.29, 1.82) is 0 Å². The molecule has 0 saturated carbocycles. The summed E-state index contributed by atoms with van der Waals surface area (Å²) in [5.41, 5.74) is 5.18. The third-order valence-electron chi connectivity index (χ3n) is 9.22. The van der Waals surface area contributed by atoms with Crippen molar-refractivity contribution < 1.29 is 9.53 Å². The number of aryl methyl sites for hydroxylation is 1. The van der Waals surface area contributed by atoms with E-state index in [9.17, 15) is 5.11 Å². The molecule has 0 spiro atoms. The van der Waals surface area contributed by atoms with Gasteiger partial charge in [0.1, 0.15) is 6.10 Å². The minimum absolute atomic E-state index is 0.136. The molecule has 37 heavy (non-hydrogen) atoms. The Labute approximate surface area is 230 Å². The van der Waals surface area contributed by atoms with Gasteiger partial charge in [0.25, 0.3) is 0 Å². The number of rotatable bonds is 6. The Kier molecular flexibility index (Phi) is 7.55. The minimum Gasteiger partial charge on any atom is -0.547 e. The highest BCUT2D eigenvalue weighted by atomic mass is 35.5. The standard InChI is InChI=1S/C32H46ClNO2Si/c1-30(2,3)37(8,9)36-27-12-10-11-25(27)32(6,7)29-24(28(35)21-13-15-23(33)16-14-21)19-22-17-18-31(4,5)20-26(22)34-29/h12-16,19,25,28,35H,10-11,17-18,20H2,1-9H3/t25?,28-/m1/s1. The summed E-state index contributed by atoms with van der Waals surface area (Å²) < 4.78 is 6.92. The lowest BCUT2D eigenvalue weighted by Crippen LogP contribution is -2.43. The van der Waals surface area contributed by atoms with Crippen molar-refractivity contribution in [2.24, 2.45) is 11.3 Å². The number of aliphatic hydroxyl groups excluding tert-OH is 1. The van der Waals surface area contributed by atoms with Crippen LogP contribution in [0.1, 0.15) is 102 Å². The van der Waals surface area contributed by atoms with Crippen LogP contribution in [-0.2, 0) is 22.7 Å². The lowest BCUT2D eigenvalue weighted by molar-refractivity contribution is 0.207. The van der Waals surface area contributed by atoms with Gasteiger partial charge >= 0.3 is 0 Å². The Balaban J connectivity index is 1.80. The van der Waals surface area contributed by atoms with Gasteiger partial charge in [0.2, 0.25) is 8.32 Å². The molecule has 1 unspecified atom stereocenters. The molecule has 2 aliphatic rings. The molecule has 2 aromatic rings. The molecule has 202 valence electrons. The third kappa shape index (κ3) is 5.72. The van der Waals surface area contributed by atoms with Gasteiger partial charge in [-0.2, -0.15) is 0 Å². The predicted octanol–water partition coefficient (Wildman–Crippen LogP) is 8.92. The smallest absolute Gasteiger partial charge is 0.250 e. The summed E-state index contributed by atoms with van der Waals surface area (Å²) in [7, 11) is -1.98. The molecular formula is C32H46ClNO2Si. The highest BCUT2D eigenvalue weighted by Crippen LogP contribution is 2.49. The van der Waals surface area contributed by atoms with Gasteiger partial charge in [-0.1, -0.05) is 72.2 Å². The molecule has 1 aromatic carbocycles. The maximum Gasteiger partial charge on any atom is 0.250 e. The predicted molar refractivity (Wildman–Crippen MR) is 158 cm³/mol. The zero-order valence-corrected chi connectivity index (χ0v) is 26.1. The van der Waals surface area contributed by atoms with Crippen LogP contribution >= 0.6 is 11.6 Å². The zero-order valence-electron chi connectivity index (χ0n) is 24.3. The van der Waals surface area contributed by atoms with E-state index in [1.54, 1.807) is 0 Å². The van der Waals surface area contributed by atoms with E-state index in [4.69, 9.17) is 21.0 Å². The summed E-state index contributed by atoms with van der Waals surface area (Å²) >= 11 is 6.16. The van der Waals surface area contributed by atoms with Crippen molar-refractivity contribution in [2.45, 2.75) is 110 Å². The summed E-state index contributed by atoms with van der Waals surface area (Å²) in [4.78, 5) is 5.41. The number of pyridine rings is 1. The Morgan fingerprint density at radius 3 is 2.38 bits per heavy atom. The fraction of sp³-hybridized carbons (Fsp3) is 0.594. The molecular weight excluding hydrogens is 494 g/mol. The first-order chi connectivity index (χ1) is 17.0. The third-order valence-corrected chi connectivity index (χ3v) is 13.8. The van der Waals surface area contributed by atoms with Gasteiger partial charge in [-0.3, -0.25) is 4.98 Å². The maximum atomic E-state index is 11.7. The van der Waals surface area contributed by atoms with Crippen LogP contribution in [0, 0.1) is 11.3 Å². The average Bonchev–Trinajstić information content (AvgIpc) is 3.25. The molecule has 4 rings (SSSR count). The number of hydrogen-bond donors (Lipinski definition) is 1. The van der Waals surface area contributed by atoms with Gasteiger partial charge in [0.05, 0.1) is 11.5 Å². The fourth-order valence-corrected chi connectivity index (χ4v) is 6.91. The lowest BCUT2D eigenvalue weighted by Gasteiger charge is -2.42. The van der Waals surface area contributed by atoms with Crippen molar-refractivity contribution in [2.75, 3.05) is 0 Å². The van der Waals surface area contributed by atoms with Crippen molar-refractivity contribution in [3.05, 3.63) is 75.3 Å². The molecule has 0 radical (unpaired) electrons. The van der Waals surface area contributed by atoms with Crippen LogP contribution in [0.4, 0.5) is 0 Å². The van der Waals surface area contributed by atoms with Crippen LogP contribution in [0.15, 0.2) is 42.2 Å². The highest BCUT2D eigenvalue weighted by Gasteiger charge is 2.46. The average molecular weight is 540 g/mol. The van der Waals surface area contributed by atoms with Gasteiger partial charge in [-0.15, -0.1) is 0 Å². The number of nitrogens with zero attached hydrogens (tertiary/aromatic N) is 1. The molecule has 0 amide bonds. The summed E-state index contributed by atoms with van der Waals surface area (Å²) in [5.74, 6) is 1.35. The van der Waals surface area contributed by atoms with Gasteiger partial charge in [0, 0.05) is 27.6 Å². The molecule has 2 aliphatic carbocycles. The molecule has 2 atom stereocenters. The molecule has 1 heterocycles. The second kappa shape index (κ2) is 9.84. The minimum atomic E-state index is -1.98. The van der Waals surface area contributed by atoms with E-state index in [0.717, 1.165) is 54.7 Å². The molecule has 1 N–H and O–H groups in total. The normalized spacial score (nSPS) is 20.8. The number of fused-ring (bicyclic) bond motifs is 1. The quantitative estimate of drug-likeness (QED) is 0.372. The second-order valence-electron chi connectivity index (χ2n) is 14.1. The van der Waals surface area contributed by atoms with Gasteiger partial charge in [0.15, 0.2) is 0 Å². The summed E-state index contributed by atoms with van der Waals surface area (Å²) in [6.07, 6.45) is 6.72. The Morgan fingerprint density at radius 1 is 1.11 bits per heavy atom. The first-order valence-electron chi connectivity index (χ1n) is 13.9. The molecule has 3 nitrogen and oxygen atoms in total. The topological polar surface area (TPSA) is 42.4 Å². The number of aromatic nitrogens is 1. The lowest BCUT2D eigenvalue weighted by atomic mass is 9.70. The molecule has 5 heteroatoms. The summed E-state index contributed by atoms with van der Waals surface area (Å²) in [6, 6.07) is 9.80. The zero-order chi connectivity index (χ0) is 27.4. The first kappa shape index (κ1) is 28.4. The van der Waals surface area contributed by atoms with Crippen molar-refractivity contribution in [3.63, 3.8) is 0 Å². The highest BCUT2D eigenvalue weighted by molar-refractivity contribution is 6.74. The number of hydrogen-bond acceptors (Lipinski definition) is 3. The largest absolute Gasteiger partial charge is 0.547 e. The van der Waals surface area contributed by atoms with Crippen molar-refractivity contribution in [1.82, 2.24) is 4.98 Å². The molecule has 0 saturated heterocycles. The Hall–Kier alpha value is -1.62. The fourth-order valence-electron chi connectivity index (χ4n) is 5.66. The second-order valence-corrected chi connectivity index (χ2v) is 19.3. The summed E-state index contributed by atoms with van der Waals surface area (Å²) in [5, 5.41) is 12.5. The molecule has 0 fully saturated rings. The Morgan fingerprint density at radius 2 is 1.76 bits per heavy atom. The Bertz CT molecular complexity index is 1170. The SMILES string of the molecule is CC1(C)CCc2cc([C@H](O)c3ccc(Cl)cc3)c(C(C)(C)C3CCC=C3O[Si](C)(C)C(C)(C)C)nc2C1. The van der Waals surface area contributed by atoms with E-state index in [2.05, 4.69) is 73.7 Å².